The molecule has 0 aliphatic rings. The van der Waals surface area contributed by atoms with Crippen molar-refractivity contribution in [3.63, 3.8) is 0 Å². The molecule has 0 saturated carbocycles. The van der Waals surface area contributed by atoms with Gasteiger partial charge in [0.15, 0.2) is 0 Å². The van der Waals surface area contributed by atoms with Crippen LogP contribution in [0.4, 0.5) is 0 Å². The topological polar surface area (TPSA) is 29.5 Å². The zero-order valence-corrected chi connectivity index (χ0v) is 7.40. The minimum atomic E-state index is -0.216. The summed E-state index contributed by atoms with van der Waals surface area (Å²) in [4.78, 5) is 4.40. The fourth-order valence-electron chi connectivity index (χ4n) is 1.21. The molecular formula is C10H14O2. The van der Waals surface area contributed by atoms with Crippen molar-refractivity contribution < 1.29 is 10.1 Å². The molecule has 1 rings (SSSR count). The molecule has 1 aromatic rings. The molecule has 0 saturated heterocycles. The Morgan fingerprint density at radius 1 is 1.17 bits per heavy atom. The molecule has 2 nitrogen and oxygen atoms in total. The Morgan fingerprint density at radius 2 is 1.75 bits per heavy atom. The first-order chi connectivity index (χ1) is 5.75. The lowest BCUT2D eigenvalue weighted by Gasteiger charge is -2.16. The monoisotopic (exact) mass is 166 g/mol. The molecule has 0 fully saturated rings. The lowest BCUT2D eigenvalue weighted by atomic mass is 9.99. The van der Waals surface area contributed by atoms with Crippen LogP contribution >= 0.6 is 0 Å². The summed E-state index contributed by atoms with van der Waals surface area (Å²) in [7, 11) is 0. The summed E-state index contributed by atoms with van der Waals surface area (Å²) < 4.78 is 0. The third-order valence-corrected chi connectivity index (χ3v) is 1.85. The minimum Gasteiger partial charge on any atom is -0.251 e. The molecule has 2 heteroatoms. The summed E-state index contributed by atoms with van der Waals surface area (Å²) in [6.45, 7) is 4.02. The van der Waals surface area contributed by atoms with Crippen LogP contribution in [0, 0.1) is 5.92 Å². The van der Waals surface area contributed by atoms with E-state index in [1.807, 2.05) is 44.2 Å². The quantitative estimate of drug-likeness (QED) is 0.552. The summed E-state index contributed by atoms with van der Waals surface area (Å²) in [6.07, 6.45) is -0.216. The van der Waals surface area contributed by atoms with Gasteiger partial charge in [-0.15, -0.1) is 0 Å². The van der Waals surface area contributed by atoms with Crippen LogP contribution in [0.3, 0.4) is 0 Å². The lowest BCUT2D eigenvalue weighted by molar-refractivity contribution is -0.291. The Balaban J connectivity index is 2.80. The average Bonchev–Trinajstić information content (AvgIpc) is 2.07. The van der Waals surface area contributed by atoms with Gasteiger partial charge in [0.25, 0.3) is 0 Å². The van der Waals surface area contributed by atoms with Crippen LogP contribution in [0.15, 0.2) is 30.3 Å². The van der Waals surface area contributed by atoms with E-state index in [2.05, 4.69) is 4.89 Å². The van der Waals surface area contributed by atoms with Crippen LogP contribution in [-0.2, 0) is 4.89 Å². The minimum absolute atomic E-state index is 0.216. The molecule has 0 aromatic heterocycles. The molecule has 1 aromatic carbocycles. The first-order valence-corrected chi connectivity index (χ1v) is 4.11. The second-order valence-corrected chi connectivity index (χ2v) is 3.18. The summed E-state index contributed by atoms with van der Waals surface area (Å²) in [5, 5.41) is 8.65. The van der Waals surface area contributed by atoms with Crippen LogP contribution < -0.4 is 0 Å². The second kappa shape index (κ2) is 4.24. The molecule has 0 heterocycles. The van der Waals surface area contributed by atoms with Gasteiger partial charge in [-0.05, 0) is 11.5 Å². The van der Waals surface area contributed by atoms with E-state index in [1.165, 1.54) is 0 Å². The van der Waals surface area contributed by atoms with E-state index in [0.717, 1.165) is 5.56 Å². The molecule has 0 bridgehead atoms. The smallest absolute Gasteiger partial charge is 0.120 e. The van der Waals surface area contributed by atoms with Gasteiger partial charge in [0.2, 0.25) is 0 Å². The van der Waals surface area contributed by atoms with Gasteiger partial charge >= 0.3 is 0 Å². The molecular weight excluding hydrogens is 152 g/mol. The van der Waals surface area contributed by atoms with Crippen molar-refractivity contribution in [2.45, 2.75) is 20.0 Å². The van der Waals surface area contributed by atoms with E-state index in [0.29, 0.717) is 0 Å². The number of hydrogen-bond acceptors (Lipinski definition) is 2. The van der Waals surface area contributed by atoms with E-state index in [-0.39, 0.29) is 12.0 Å². The second-order valence-electron chi connectivity index (χ2n) is 3.18. The fraction of sp³-hybridized carbons (Fsp3) is 0.400. The first-order valence-electron chi connectivity index (χ1n) is 4.11. The maximum Gasteiger partial charge on any atom is 0.120 e. The highest BCUT2D eigenvalue weighted by Gasteiger charge is 2.15. The lowest BCUT2D eigenvalue weighted by Crippen LogP contribution is -2.08. The molecule has 0 aliphatic heterocycles. The molecule has 66 valence electrons. The van der Waals surface area contributed by atoms with Crippen molar-refractivity contribution in [1.82, 2.24) is 0 Å². The third kappa shape index (κ3) is 2.06. The van der Waals surface area contributed by atoms with Crippen molar-refractivity contribution in [3.8, 4) is 0 Å². The first kappa shape index (κ1) is 9.23. The van der Waals surface area contributed by atoms with Gasteiger partial charge in [-0.25, -0.2) is 4.89 Å². The van der Waals surface area contributed by atoms with E-state index in [4.69, 9.17) is 5.26 Å². The average molecular weight is 166 g/mol. The summed E-state index contributed by atoms with van der Waals surface area (Å²) in [6, 6.07) is 9.70. The highest BCUT2D eigenvalue weighted by atomic mass is 17.1. The van der Waals surface area contributed by atoms with E-state index >= 15 is 0 Å². The van der Waals surface area contributed by atoms with Crippen LogP contribution in [0.2, 0.25) is 0 Å². The number of rotatable bonds is 3. The van der Waals surface area contributed by atoms with E-state index in [9.17, 15) is 0 Å². The zero-order chi connectivity index (χ0) is 8.97. The fourth-order valence-corrected chi connectivity index (χ4v) is 1.21. The van der Waals surface area contributed by atoms with E-state index in [1.54, 1.807) is 0 Å². The predicted octanol–water partition coefficient (Wildman–Crippen LogP) is 2.87. The zero-order valence-electron chi connectivity index (χ0n) is 7.40. The molecule has 0 unspecified atom stereocenters. The summed E-state index contributed by atoms with van der Waals surface area (Å²) in [5.41, 5.74) is 1.01. The standard InChI is InChI=1S/C10H14O2/c1-8(2)10(12-11)9-6-4-3-5-7-9/h3-8,10-11H,1-2H3/t10-/m0/s1. The van der Waals surface area contributed by atoms with Crippen LogP contribution in [0.5, 0.6) is 0 Å². The van der Waals surface area contributed by atoms with Gasteiger partial charge in [0.05, 0.1) is 0 Å². The van der Waals surface area contributed by atoms with Gasteiger partial charge in [0.1, 0.15) is 6.10 Å². The summed E-state index contributed by atoms with van der Waals surface area (Å²) in [5.74, 6) is 0.275. The molecule has 1 N–H and O–H groups in total. The Bertz CT molecular complexity index is 219. The Hall–Kier alpha value is -0.860. The molecule has 1 atom stereocenters. The number of benzene rings is 1. The van der Waals surface area contributed by atoms with Gasteiger partial charge in [-0.2, -0.15) is 0 Å². The molecule has 0 spiro atoms. The molecule has 0 aliphatic carbocycles. The number of hydrogen-bond donors (Lipinski definition) is 1. The van der Waals surface area contributed by atoms with Crippen LogP contribution in [-0.4, -0.2) is 5.26 Å². The van der Waals surface area contributed by atoms with Gasteiger partial charge in [-0.3, -0.25) is 5.26 Å². The molecule has 12 heavy (non-hydrogen) atoms. The Morgan fingerprint density at radius 3 is 2.17 bits per heavy atom. The van der Waals surface area contributed by atoms with Gasteiger partial charge < -0.3 is 0 Å². The Labute approximate surface area is 72.7 Å². The van der Waals surface area contributed by atoms with Crippen LogP contribution in [0.25, 0.3) is 0 Å². The normalized spacial score (nSPS) is 13.3. The van der Waals surface area contributed by atoms with Crippen molar-refractivity contribution in [2.75, 3.05) is 0 Å². The largest absolute Gasteiger partial charge is 0.251 e. The molecule has 0 amide bonds. The third-order valence-electron chi connectivity index (χ3n) is 1.85. The van der Waals surface area contributed by atoms with Gasteiger partial charge in [-0.1, -0.05) is 44.2 Å². The summed E-state index contributed by atoms with van der Waals surface area (Å²) >= 11 is 0. The maximum absolute atomic E-state index is 8.65. The molecule has 0 radical (unpaired) electrons. The van der Waals surface area contributed by atoms with E-state index < -0.39 is 0 Å². The highest BCUT2D eigenvalue weighted by molar-refractivity contribution is 5.17. The maximum atomic E-state index is 8.65. The Kier molecular flexibility index (Phi) is 3.26. The van der Waals surface area contributed by atoms with Crippen molar-refractivity contribution in [2.24, 2.45) is 5.92 Å². The van der Waals surface area contributed by atoms with Gasteiger partial charge in [0, 0.05) is 0 Å². The van der Waals surface area contributed by atoms with Crippen molar-refractivity contribution >= 4 is 0 Å². The SMILES string of the molecule is CC(C)[C@H](OO)c1ccccc1. The van der Waals surface area contributed by atoms with Crippen molar-refractivity contribution in [3.05, 3.63) is 35.9 Å². The predicted molar refractivity (Wildman–Crippen MR) is 47.7 cm³/mol. The highest BCUT2D eigenvalue weighted by Crippen LogP contribution is 2.23. The van der Waals surface area contributed by atoms with Crippen molar-refractivity contribution in [1.29, 1.82) is 0 Å². The van der Waals surface area contributed by atoms with Crippen LogP contribution in [0.1, 0.15) is 25.5 Å².